The number of fused-ring (bicyclic) bond motifs is 2. The zero-order valence-corrected chi connectivity index (χ0v) is 12.8. The normalized spacial score (nSPS) is 26.5. The third kappa shape index (κ3) is 2.89. The summed E-state index contributed by atoms with van der Waals surface area (Å²) < 4.78 is 10.4. The highest BCUT2D eigenvalue weighted by molar-refractivity contribution is 5.93. The van der Waals surface area contributed by atoms with Gasteiger partial charge in [-0.25, -0.2) is 0 Å². The Morgan fingerprint density at radius 3 is 2.73 bits per heavy atom. The summed E-state index contributed by atoms with van der Waals surface area (Å²) in [5.74, 6) is 0.861. The van der Waals surface area contributed by atoms with Gasteiger partial charge in [-0.3, -0.25) is 4.79 Å². The molecule has 2 aromatic heterocycles. The van der Waals surface area contributed by atoms with Crippen molar-refractivity contribution in [3.8, 4) is 11.5 Å². The second kappa shape index (κ2) is 6.14. The number of piperidine rings is 1. The molecular formula is C15H18ClN3O3. The van der Waals surface area contributed by atoms with Crippen LogP contribution < -0.4 is 10.6 Å². The molecule has 4 heterocycles. The molecule has 2 N–H and O–H groups in total. The second-order valence-electron chi connectivity index (χ2n) is 5.83. The smallest absolute Gasteiger partial charge is 0.273 e. The zero-order valence-electron chi connectivity index (χ0n) is 12.0. The van der Waals surface area contributed by atoms with Crippen molar-refractivity contribution < 1.29 is 13.7 Å². The van der Waals surface area contributed by atoms with Crippen LogP contribution >= 0.6 is 12.4 Å². The summed E-state index contributed by atoms with van der Waals surface area (Å²) in [5, 5.41) is 10.4. The van der Waals surface area contributed by atoms with Crippen LogP contribution in [0, 0.1) is 0 Å². The summed E-state index contributed by atoms with van der Waals surface area (Å²) in [6.45, 7) is 0. The van der Waals surface area contributed by atoms with Crippen LogP contribution in [-0.4, -0.2) is 29.2 Å². The summed E-state index contributed by atoms with van der Waals surface area (Å²) in [7, 11) is 0. The number of furan rings is 1. The van der Waals surface area contributed by atoms with Gasteiger partial charge in [0, 0.05) is 24.2 Å². The lowest BCUT2D eigenvalue weighted by atomic mass is 10.00. The van der Waals surface area contributed by atoms with E-state index in [2.05, 4.69) is 15.8 Å². The molecule has 7 heteroatoms. The molecule has 0 aliphatic carbocycles. The number of hydrogen-bond donors (Lipinski definition) is 2. The third-order valence-corrected chi connectivity index (χ3v) is 4.32. The van der Waals surface area contributed by atoms with Crippen molar-refractivity contribution in [1.29, 1.82) is 0 Å². The van der Waals surface area contributed by atoms with E-state index in [4.69, 9.17) is 8.94 Å². The summed E-state index contributed by atoms with van der Waals surface area (Å²) in [6.07, 6.45) is 5.96. The molecule has 0 saturated carbocycles. The largest absolute Gasteiger partial charge is 0.461 e. The van der Waals surface area contributed by atoms with Gasteiger partial charge in [0.15, 0.2) is 11.5 Å². The molecule has 2 aliphatic rings. The fourth-order valence-corrected chi connectivity index (χ4v) is 3.35. The molecule has 2 fully saturated rings. The van der Waals surface area contributed by atoms with Crippen LogP contribution in [0.5, 0.6) is 0 Å². The van der Waals surface area contributed by atoms with E-state index in [-0.39, 0.29) is 24.4 Å². The number of aromatic nitrogens is 1. The number of hydrogen-bond acceptors (Lipinski definition) is 5. The topological polar surface area (TPSA) is 80.3 Å². The predicted molar refractivity (Wildman–Crippen MR) is 81.9 cm³/mol. The predicted octanol–water partition coefficient (Wildman–Crippen LogP) is 2.37. The number of carbonyl (C=O) groups is 1. The molecule has 0 spiro atoms. The van der Waals surface area contributed by atoms with Gasteiger partial charge in [0.25, 0.3) is 5.91 Å². The van der Waals surface area contributed by atoms with E-state index in [9.17, 15) is 4.79 Å². The number of nitrogens with one attached hydrogen (secondary N) is 2. The van der Waals surface area contributed by atoms with Gasteiger partial charge in [-0.1, -0.05) is 5.16 Å². The minimum atomic E-state index is -0.178. The van der Waals surface area contributed by atoms with Crippen molar-refractivity contribution in [2.24, 2.45) is 0 Å². The summed E-state index contributed by atoms with van der Waals surface area (Å²) >= 11 is 0. The second-order valence-corrected chi connectivity index (χ2v) is 5.83. The summed E-state index contributed by atoms with van der Waals surface area (Å²) in [5.41, 5.74) is 0.298. The first-order valence-electron chi connectivity index (χ1n) is 7.35. The Kier molecular flexibility index (Phi) is 4.22. The van der Waals surface area contributed by atoms with Crippen LogP contribution in [0.1, 0.15) is 36.2 Å². The molecule has 2 bridgehead atoms. The average Bonchev–Trinajstić information content (AvgIpc) is 3.18. The van der Waals surface area contributed by atoms with Crippen LogP contribution in [0.2, 0.25) is 0 Å². The maximum atomic E-state index is 12.2. The maximum absolute atomic E-state index is 12.2. The Balaban J connectivity index is 0.00000144. The van der Waals surface area contributed by atoms with E-state index in [1.807, 2.05) is 0 Å². The quantitative estimate of drug-likeness (QED) is 0.906. The SMILES string of the molecule is Cl.O=C(NC1CC2CCC(C1)N2)c1cc(-c2ccco2)on1. The molecule has 118 valence electrons. The fraction of sp³-hybridized carbons (Fsp3) is 0.467. The highest BCUT2D eigenvalue weighted by Crippen LogP contribution is 2.27. The van der Waals surface area contributed by atoms with Gasteiger partial charge in [-0.05, 0) is 37.8 Å². The first kappa shape index (κ1) is 15.1. The molecule has 4 rings (SSSR count). The standard InChI is InChI=1S/C15H17N3O3.ClH/c19-15(17-11-6-9-3-4-10(7-11)16-9)12-8-14(21-18-12)13-2-1-5-20-13;/h1-2,5,8-11,16H,3-4,6-7H2,(H,17,19);1H. The number of halogens is 1. The maximum Gasteiger partial charge on any atom is 0.273 e. The number of amides is 1. The van der Waals surface area contributed by atoms with Crippen molar-refractivity contribution in [2.45, 2.75) is 43.8 Å². The zero-order chi connectivity index (χ0) is 14.2. The van der Waals surface area contributed by atoms with Crippen LogP contribution in [0.3, 0.4) is 0 Å². The first-order chi connectivity index (χ1) is 10.3. The molecule has 2 aliphatic heterocycles. The lowest BCUT2D eigenvalue weighted by Gasteiger charge is -2.29. The van der Waals surface area contributed by atoms with Gasteiger partial charge in [0.05, 0.1) is 6.26 Å². The van der Waals surface area contributed by atoms with Gasteiger partial charge >= 0.3 is 0 Å². The van der Waals surface area contributed by atoms with E-state index in [0.29, 0.717) is 29.3 Å². The van der Waals surface area contributed by atoms with Gasteiger partial charge < -0.3 is 19.6 Å². The van der Waals surface area contributed by atoms with E-state index in [1.165, 1.54) is 12.8 Å². The molecule has 0 radical (unpaired) electrons. The van der Waals surface area contributed by atoms with Crippen LogP contribution in [0.25, 0.3) is 11.5 Å². The van der Waals surface area contributed by atoms with Crippen LogP contribution in [-0.2, 0) is 0 Å². The molecule has 2 saturated heterocycles. The number of rotatable bonds is 3. The molecule has 22 heavy (non-hydrogen) atoms. The molecule has 1 amide bonds. The number of nitrogens with zero attached hydrogens (tertiary/aromatic N) is 1. The lowest BCUT2D eigenvalue weighted by molar-refractivity contribution is 0.0915. The minimum absolute atomic E-state index is 0. The van der Waals surface area contributed by atoms with E-state index < -0.39 is 0 Å². The van der Waals surface area contributed by atoms with Gasteiger partial charge in [0.1, 0.15) is 0 Å². The minimum Gasteiger partial charge on any atom is -0.461 e. The molecule has 2 aromatic rings. The number of carbonyl (C=O) groups excluding carboxylic acids is 1. The average molecular weight is 324 g/mol. The third-order valence-electron chi connectivity index (χ3n) is 4.32. The van der Waals surface area contributed by atoms with Crippen molar-refractivity contribution in [3.63, 3.8) is 0 Å². The van der Waals surface area contributed by atoms with Gasteiger partial charge in [-0.15, -0.1) is 12.4 Å². The van der Waals surface area contributed by atoms with Crippen LogP contribution in [0.15, 0.2) is 33.4 Å². The molecule has 0 aromatic carbocycles. The Labute approximate surface area is 134 Å². The molecule has 6 nitrogen and oxygen atoms in total. The molecular weight excluding hydrogens is 306 g/mol. The van der Waals surface area contributed by atoms with Crippen molar-refractivity contribution in [3.05, 3.63) is 30.2 Å². The van der Waals surface area contributed by atoms with Gasteiger partial charge in [-0.2, -0.15) is 0 Å². The summed E-state index contributed by atoms with van der Waals surface area (Å²) in [6, 6.07) is 6.47. The van der Waals surface area contributed by atoms with Crippen LogP contribution in [0.4, 0.5) is 0 Å². The highest BCUT2D eigenvalue weighted by atomic mass is 35.5. The van der Waals surface area contributed by atoms with E-state index in [0.717, 1.165) is 12.8 Å². The van der Waals surface area contributed by atoms with Crippen molar-refractivity contribution >= 4 is 18.3 Å². The van der Waals surface area contributed by atoms with Crippen molar-refractivity contribution in [1.82, 2.24) is 15.8 Å². The summed E-state index contributed by atoms with van der Waals surface area (Å²) in [4.78, 5) is 12.2. The van der Waals surface area contributed by atoms with Gasteiger partial charge in [0.2, 0.25) is 5.76 Å². The Morgan fingerprint density at radius 2 is 2.05 bits per heavy atom. The Bertz CT molecular complexity index is 628. The van der Waals surface area contributed by atoms with E-state index in [1.54, 1.807) is 24.5 Å². The van der Waals surface area contributed by atoms with Crippen molar-refractivity contribution in [2.75, 3.05) is 0 Å². The molecule has 2 unspecified atom stereocenters. The fourth-order valence-electron chi connectivity index (χ4n) is 3.35. The highest BCUT2D eigenvalue weighted by Gasteiger charge is 2.34. The van der Waals surface area contributed by atoms with E-state index >= 15 is 0 Å². The first-order valence-corrected chi connectivity index (χ1v) is 7.35. The lowest BCUT2D eigenvalue weighted by Crippen LogP contribution is -2.48. The molecule has 2 atom stereocenters. The monoisotopic (exact) mass is 323 g/mol. The Hall–Kier alpha value is -1.79. The Morgan fingerprint density at radius 1 is 1.27 bits per heavy atom.